The Morgan fingerprint density at radius 1 is 1.30 bits per heavy atom. The molecule has 10 heavy (non-hydrogen) atoms. The van der Waals surface area contributed by atoms with Crippen LogP contribution in [0.2, 0.25) is 0 Å². The fraction of sp³-hybridized carbons (Fsp3) is 0. The molecule has 0 saturated heterocycles. The van der Waals surface area contributed by atoms with Gasteiger partial charge >= 0.3 is 0 Å². The summed E-state index contributed by atoms with van der Waals surface area (Å²) in [6.07, 6.45) is 0.250. The Kier molecular flexibility index (Phi) is 4.96. The van der Waals surface area contributed by atoms with Crippen LogP contribution in [-0.4, -0.2) is 6.41 Å². The molecule has 1 aromatic carbocycles. The van der Waals surface area contributed by atoms with E-state index in [0.29, 0.717) is 0 Å². The lowest BCUT2D eigenvalue weighted by atomic mass is 10.4. The molecule has 1 aromatic rings. The molecular weight excluding hydrogens is 133 g/mol. The molecule has 54 valence electrons. The first-order chi connectivity index (χ1) is 4.81. The van der Waals surface area contributed by atoms with Crippen molar-refractivity contribution in [2.45, 2.75) is 0 Å². The molecule has 0 heterocycles. The third-order valence-electron chi connectivity index (χ3n) is 0.733. The molecule has 1 amide bonds. The van der Waals surface area contributed by atoms with Gasteiger partial charge in [0.25, 0.3) is 0 Å². The van der Waals surface area contributed by atoms with Crippen LogP contribution < -0.4 is 5.73 Å². The van der Waals surface area contributed by atoms with Gasteiger partial charge in [-0.05, 0) is 12.1 Å². The van der Waals surface area contributed by atoms with Crippen LogP contribution in [0, 0.1) is 5.82 Å². The second-order valence-corrected chi connectivity index (χ2v) is 1.43. The monoisotopic (exact) mass is 141 g/mol. The Morgan fingerprint density at radius 3 is 1.90 bits per heavy atom. The fourth-order valence-electron chi connectivity index (χ4n) is 0.415. The molecule has 0 spiro atoms. The highest BCUT2D eigenvalue weighted by Crippen LogP contribution is 1.91. The van der Waals surface area contributed by atoms with Gasteiger partial charge < -0.3 is 5.73 Å². The summed E-state index contributed by atoms with van der Waals surface area (Å²) in [5.74, 6) is -0.178. The summed E-state index contributed by atoms with van der Waals surface area (Å²) >= 11 is 0. The van der Waals surface area contributed by atoms with Gasteiger partial charge in [-0.25, -0.2) is 4.39 Å². The van der Waals surface area contributed by atoms with E-state index in [4.69, 9.17) is 4.79 Å². The van der Waals surface area contributed by atoms with Crippen molar-refractivity contribution in [3.05, 3.63) is 36.1 Å². The van der Waals surface area contributed by atoms with Crippen LogP contribution >= 0.6 is 0 Å². The minimum atomic E-state index is -0.178. The molecule has 3 heteroatoms. The van der Waals surface area contributed by atoms with Crippen molar-refractivity contribution in [3.8, 4) is 0 Å². The maximum Gasteiger partial charge on any atom is 0.204 e. The van der Waals surface area contributed by atoms with Gasteiger partial charge in [0, 0.05) is 0 Å². The molecule has 0 fully saturated rings. The minimum absolute atomic E-state index is 0.178. The average molecular weight is 141 g/mol. The van der Waals surface area contributed by atoms with Crippen molar-refractivity contribution >= 4 is 6.41 Å². The Bertz CT molecular complexity index is 176. The molecule has 1 rings (SSSR count). The molecule has 0 aliphatic rings. The largest absolute Gasteiger partial charge is 0.372 e. The predicted molar refractivity (Wildman–Crippen MR) is 36.7 cm³/mol. The smallest absolute Gasteiger partial charge is 0.204 e. The van der Waals surface area contributed by atoms with E-state index in [1.165, 1.54) is 12.1 Å². The second-order valence-electron chi connectivity index (χ2n) is 1.43. The topological polar surface area (TPSA) is 43.1 Å². The summed E-state index contributed by atoms with van der Waals surface area (Å²) in [5, 5.41) is 0. The summed E-state index contributed by atoms with van der Waals surface area (Å²) in [6.45, 7) is 0. The highest BCUT2D eigenvalue weighted by atomic mass is 19.1. The lowest BCUT2D eigenvalue weighted by Crippen LogP contribution is -1.82. The maximum atomic E-state index is 11.9. The number of hydrogen-bond acceptors (Lipinski definition) is 1. The summed E-state index contributed by atoms with van der Waals surface area (Å²) in [5.41, 5.74) is 4.17. The van der Waals surface area contributed by atoms with E-state index < -0.39 is 0 Å². The molecule has 0 aliphatic heterocycles. The average Bonchev–Trinajstić information content (AvgIpc) is 1.91. The third kappa shape index (κ3) is 4.77. The molecule has 2 nitrogen and oxygen atoms in total. The number of rotatable bonds is 0. The molecule has 0 saturated carbocycles. The van der Waals surface area contributed by atoms with Crippen molar-refractivity contribution in [1.82, 2.24) is 0 Å². The summed E-state index contributed by atoms with van der Waals surface area (Å²) < 4.78 is 11.9. The Morgan fingerprint density at radius 2 is 1.70 bits per heavy atom. The van der Waals surface area contributed by atoms with Gasteiger partial charge in [0.2, 0.25) is 6.41 Å². The summed E-state index contributed by atoms with van der Waals surface area (Å²) in [4.78, 5) is 8.58. The van der Waals surface area contributed by atoms with Gasteiger partial charge in [0.05, 0.1) is 0 Å². The van der Waals surface area contributed by atoms with E-state index in [9.17, 15) is 4.39 Å². The number of halogens is 1. The quantitative estimate of drug-likeness (QED) is 0.536. The Labute approximate surface area is 58.5 Å². The number of carbonyl (C=O) groups excluding carboxylic acids is 1. The summed E-state index contributed by atoms with van der Waals surface area (Å²) in [6, 6.07) is 7.94. The van der Waals surface area contributed by atoms with Crippen molar-refractivity contribution in [3.63, 3.8) is 0 Å². The SMILES string of the molecule is Fc1ccccc1.NC=O. The highest BCUT2D eigenvalue weighted by Gasteiger charge is 1.77. The van der Waals surface area contributed by atoms with Crippen LogP contribution in [-0.2, 0) is 4.79 Å². The van der Waals surface area contributed by atoms with E-state index in [2.05, 4.69) is 5.73 Å². The zero-order chi connectivity index (χ0) is 7.82. The predicted octanol–water partition coefficient (Wildman–Crippen LogP) is 0.927. The van der Waals surface area contributed by atoms with Gasteiger partial charge in [0.1, 0.15) is 5.82 Å². The summed E-state index contributed by atoms with van der Waals surface area (Å²) in [7, 11) is 0. The molecule has 0 aliphatic carbocycles. The van der Waals surface area contributed by atoms with Crippen LogP contribution in [0.15, 0.2) is 30.3 Å². The van der Waals surface area contributed by atoms with Crippen molar-refractivity contribution < 1.29 is 9.18 Å². The first-order valence-corrected chi connectivity index (χ1v) is 2.67. The van der Waals surface area contributed by atoms with Crippen LogP contribution in [0.3, 0.4) is 0 Å². The first kappa shape index (κ1) is 8.62. The molecular formula is C7H8FNO. The van der Waals surface area contributed by atoms with Crippen LogP contribution in [0.4, 0.5) is 4.39 Å². The number of benzene rings is 1. The van der Waals surface area contributed by atoms with Gasteiger partial charge in [-0.3, -0.25) is 4.79 Å². The molecule has 0 radical (unpaired) electrons. The van der Waals surface area contributed by atoms with E-state index >= 15 is 0 Å². The Hall–Kier alpha value is -1.38. The third-order valence-corrected chi connectivity index (χ3v) is 0.733. The number of primary amides is 1. The van der Waals surface area contributed by atoms with Crippen molar-refractivity contribution in [2.75, 3.05) is 0 Å². The molecule has 0 bridgehead atoms. The number of carbonyl (C=O) groups is 1. The Balaban J connectivity index is 0.000000236. The molecule has 2 N–H and O–H groups in total. The van der Waals surface area contributed by atoms with Gasteiger partial charge in [-0.15, -0.1) is 0 Å². The van der Waals surface area contributed by atoms with E-state index in [1.54, 1.807) is 18.2 Å². The number of hydrogen-bond donors (Lipinski definition) is 1. The standard InChI is InChI=1S/C6H5F.CH3NO/c7-6-4-2-1-3-5-6;2-1-3/h1-5H;1H,(H2,2,3). The minimum Gasteiger partial charge on any atom is -0.372 e. The normalized spacial score (nSPS) is 7.30. The van der Waals surface area contributed by atoms with E-state index in [0.717, 1.165) is 0 Å². The van der Waals surface area contributed by atoms with E-state index in [-0.39, 0.29) is 12.2 Å². The maximum absolute atomic E-state index is 11.9. The first-order valence-electron chi connectivity index (χ1n) is 2.67. The fourth-order valence-corrected chi connectivity index (χ4v) is 0.415. The number of nitrogens with two attached hydrogens (primary N) is 1. The van der Waals surface area contributed by atoms with Crippen molar-refractivity contribution in [2.24, 2.45) is 5.73 Å². The zero-order valence-electron chi connectivity index (χ0n) is 5.33. The molecule has 0 unspecified atom stereocenters. The van der Waals surface area contributed by atoms with Crippen LogP contribution in [0.25, 0.3) is 0 Å². The lowest BCUT2D eigenvalue weighted by Gasteiger charge is -1.78. The second kappa shape index (κ2) is 5.75. The molecule has 0 atom stereocenters. The van der Waals surface area contributed by atoms with Crippen LogP contribution in [0.5, 0.6) is 0 Å². The number of amides is 1. The van der Waals surface area contributed by atoms with Crippen molar-refractivity contribution in [1.29, 1.82) is 0 Å². The highest BCUT2D eigenvalue weighted by molar-refractivity contribution is 5.42. The van der Waals surface area contributed by atoms with Gasteiger partial charge in [0.15, 0.2) is 0 Å². The van der Waals surface area contributed by atoms with E-state index in [1.807, 2.05) is 0 Å². The zero-order valence-corrected chi connectivity index (χ0v) is 5.33. The van der Waals surface area contributed by atoms with Crippen LogP contribution in [0.1, 0.15) is 0 Å². The van der Waals surface area contributed by atoms with Gasteiger partial charge in [-0.2, -0.15) is 0 Å². The lowest BCUT2D eigenvalue weighted by molar-refractivity contribution is -0.106. The molecule has 0 aromatic heterocycles. The van der Waals surface area contributed by atoms with Gasteiger partial charge in [-0.1, -0.05) is 18.2 Å².